The molecule has 3 aliphatic rings. The summed E-state index contributed by atoms with van der Waals surface area (Å²) in [5.74, 6) is -1.91. The maximum atomic E-state index is 14.2. The summed E-state index contributed by atoms with van der Waals surface area (Å²) in [7, 11) is 0. The minimum absolute atomic E-state index is 0.0826. The number of hydrogen-bond donors (Lipinski definition) is 1. The van der Waals surface area contributed by atoms with Gasteiger partial charge in [0.1, 0.15) is 12.4 Å². The molecule has 1 aliphatic carbocycles. The number of nitrogens with zero attached hydrogens (tertiary/aromatic N) is 4. The molecular weight excluding hydrogens is 556 g/mol. The van der Waals surface area contributed by atoms with E-state index in [2.05, 4.69) is 5.10 Å². The molecule has 0 spiro atoms. The Kier molecular flexibility index (Phi) is 7.94. The SMILES string of the molecule is CCn1ccc(COc2ccc(Cl)c3c2C(CN2Cc4ccccc4C2=O)N(C(=O)[C@@H]2CCCC[C@@H]2C(=O)O)CC3)n1. The van der Waals surface area contributed by atoms with Crippen LogP contribution in [0, 0.1) is 11.8 Å². The van der Waals surface area contributed by atoms with E-state index in [0.29, 0.717) is 48.7 Å². The smallest absolute Gasteiger partial charge is 0.307 e. The summed E-state index contributed by atoms with van der Waals surface area (Å²) in [5, 5.41) is 15.1. The first kappa shape index (κ1) is 28.3. The molecule has 3 heterocycles. The van der Waals surface area contributed by atoms with E-state index in [4.69, 9.17) is 16.3 Å². The number of aryl methyl sites for hydroxylation is 1. The molecule has 6 rings (SSSR count). The number of carbonyl (C=O) groups is 3. The third kappa shape index (κ3) is 5.26. The molecule has 3 atom stereocenters. The third-order valence-electron chi connectivity index (χ3n) is 8.94. The number of aromatic nitrogens is 2. The standard InChI is InChI=1S/C32H35ClN4O5/c1-2-36-15-13-21(34-36)19-42-28-12-11-26(33)25-14-16-37(31(39)23-9-5-6-10-24(23)32(40)41)27(29(25)28)18-35-17-20-7-3-4-8-22(20)30(35)38/h3-4,7-8,11-13,15,23-24,27H,2,5-6,9-10,14,16-19H2,1H3,(H,40,41)/t23-,24+,27?/m1/s1. The molecule has 1 N–H and O–H groups in total. The van der Waals surface area contributed by atoms with Crippen molar-refractivity contribution in [2.24, 2.45) is 11.8 Å². The van der Waals surface area contributed by atoms with Crippen LogP contribution in [-0.4, -0.2) is 55.6 Å². The molecule has 2 aromatic carbocycles. The van der Waals surface area contributed by atoms with Crippen molar-refractivity contribution in [1.29, 1.82) is 0 Å². The van der Waals surface area contributed by atoms with Crippen LogP contribution in [0.25, 0.3) is 0 Å². The summed E-state index contributed by atoms with van der Waals surface area (Å²) in [6.45, 7) is 4.08. The van der Waals surface area contributed by atoms with Gasteiger partial charge in [-0.15, -0.1) is 0 Å². The average Bonchev–Trinajstić information content (AvgIpc) is 3.60. The summed E-state index contributed by atoms with van der Waals surface area (Å²) < 4.78 is 8.18. The van der Waals surface area contributed by atoms with E-state index in [9.17, 15) is 19.5 Å². The van der Waals surface area contributed by atoms with E-state index in [-0.39, 0.29) is 25.0 Å². The first-order valence-electron chi connectivity index (χ1n) is 14.7. The van der Waals surface area contributed by atoms with Gasteiger partial charge in [-0.05, 0) is 61.6 Å². The third-order valence-corrected chi connectivity index (χ3v) is 9.29. The second kappa shape index (κ2) is 11.8. The van der Waals surface area contributed by atoms with E-state index < -0.39 is 23.8 Å². The van der Waals surface area contributed by atoms with Crippen molar-refractivity contribution >= 4 is 29.4 Å². The summed E-state index contributed by atoms with van der Waals surface area (Å²) in [6.07, 6.45) is 5.06. The number of rotatable bonds is 8. The molecule has 1 fully saturated rings. The minimum atomic E-state index is -0.925. The Hall–Kier alpha value is -3.85. The summed E-state index contributed by atoms with van der Waals surface area (Å²) in [5.41, 5.74) is 4.06. The van der Waals surface area contributed by atoms with E-state index in [1.165, 1.54) is 0 Å². The van der Waals surface area contributed by atoms with Crippen LogP contribution in [0.2, 0.25) is 5.02 Å². The van der Waals surface area contributed by atoms with Gasteiger partial charge in [0, 0.05) is 48.5 Å². The molecule has 2 amide bonds. The Morgan fingerprint density at radius 2 is 1.88 bits per heavy atom. The number of halogens is 1. The normalized spacial score (nSPS) is 21.7. The second-order valence-corrected chi connectivity index (χ2v) is 11.8. The Morgan fingerprint density at radius 1 is 1.10 bits per heavy atom. The highest BCUT2D eigenvalue weighted by Gasteiger charge is 2.44. The Balaban J connectivity index is 1.37. The Morgan fingerprint density at radius 3 is 2.62 bits per heavy atom. The first-order chi connectivity index (χ1) is 20.4. The highest BCUT2D eigenvalue weighted by Crippen LogP contribution is 2.43. The topological polar surface area (TPSA) is 105 Å². The molecular formula is C32H35ClN4O5. The van der Waals surface area contributed by atoms with Crippen LogP contribution in [0.5, 0.6) is 5.75 Å². The lowest BCUT2D eigenvalue weighted by Crippen LogP contribution is -2.50. The van der Waals surface area contributed by atoms with Crippen molar-refractivity contribution in [3.8, 4) is 5.75 Å². The van der Waals surface area contributed by atoms with Gasteiger partial charge in [-0.25, -0.2) is 0 Å². The van der Waals surface area contributed by atoms with Crippen molar-refractivity contribution in [3.63, 3.8) is 0 Å². The maximum Gasteiger partial charge on any atom is 0.307 e. The van der Waals surface area contributed by atoms with Crippen LogP contribution >= 0.6 is 11.6 Å². The van der Waals surface area contributed by atoms with Gasteiger partial charge in [-0.2, -0.15) is 5.10 Å². The molecule has 3 aromatic rings. The van der Waals surface area contributed by atoms with Crippen molar-refractivity contribution in [2.45, 2.75) is 64.8 Å². The largest absolute Gasteiger partial charge is 0.487 e. The van der Waals surface area contributed by atoms with Gasteiger partial charge in [0.2, 0.25) is 5.91 Å². The number of carboxylic acid groups (broad SMARTS) is 1. The highest BCUT2D eigenvalue weighted by atomic mass is 35.5. The van der Waals surface area contributed by atoms with Gasteiger partial charge in [0.25, 0.3) is 5.91 Å². The molecule has 0 saturated heterocycles. The van der Waals surface area contributed by atoms with Crippen LogP contribution in [0.15, 0.2) is 48.7 Å². The quantitative estimate of drug-likeness (QED) is 0.391. The monoisotopic (exact) mass is 590 g/mol. The van der Waals surface area contributed by atoms with Gasteiger partial charge in [0.05, 0.1) is 23.6 Å². The molecule has 9 nitrogen and oxygen atoms in total. The molecule has 1 aromatic heterocycles. The lowest BCUT2D eigenvalue weighted by Gasteiger charge is -2.43. The number of fused-ring (bicyclic) bond motifs is 2. The zero-order valence-corrected chi connectivity index (χ0v) is 24.4. The number of carbonyl (C=O) groups excluding carboxylic acids is 2. The van der Waals surface area contributed by atoms with Crippen molar-refractivity contribution in [2.75, 3.05) is 13.1 Å². The number of ether oxygens (including phenoxy) is 1. The molecule has 1 unspecified atom stereocenters. The summed E-state index contributed by atoms with van der Waals surface area (Å²) >= 11 is 6.74. The number of benzene rings is 2. The lowest BCUT2D eigenvalue weighted by molar-refractivity contribution is -0.153. The molecule has 2 aliphatic heterocycles. The predicted octanol–water partition coefficient (Wildman–Crippen LogP) is 5.11. The molecule has 0 bridgehead atoms. The predicted molar refractivity (Wildman–Crippen MR) is 156 cm³/mol. The fourth-order valence-corrected chi connectivity index (χ4v) is 7.03. The van der Waals surface area contributed by atoms with Crippen LogP contribution in [0.3, 0.4) is 0 Å². The molecule has 0 radical (unpaired) electrons. The summed E-state index contributed by atoms with van der Waals surface area (Å²) in [4.78, 5) is 43.4. The van der Waals surface area contributed by atoms with Gasteiger partial charge in [0.15, 0.2) is 0 Å². The van der Waals surface area contributed by atoms with Crippen molar-refractivity contribution in [3.05, 3.63) is 81.6 Å². The maximum absolute atomic E-state index is 14.2. The second-order valence-electron chi connectivity index (χ2n) is 11.4. The molecule has 42 heavy (non-hydrogen) atoms. The fraction of sp³-hybridized carbons (Fsp3) is 0.438. The zero-order chi connectivity index (χ0) is 29.4. The number of amides is 2. The van der Waals surface area contributed by atoms with Crippen molar-refractivity contribution < 1.29 is 24.2 Å². The average molecular weight is 591 g/mol. The van der Waals surface area contributed by atoms with Gasteiger partial charge >= 0.3 is 5.97 Å². The van der Waals surface area contributed by atoms with Crippen LogP contribution in [0.4, 0.5) is 0 Å². The number of carboxylic acids is 1. The van der Waals surface area contributed by atoms with Crippen molar-refractivity contribution in [1.82, 2.24) is 19.6 Å². The Bertz CT molecular complexity index is 1520. The van der Waals surface area contributed by atoms with Gasteiger partial charge in [-0.3, -0.25) is 19.1 Å². The van der Waals surface area contributed by atoms with Crippen LogP contribution in [-0.2, 0) is 35.7 Å². The van der Waals surface area contributed by atoms with E-state index >= 15 is 0 Å². The molecule has 1 saturated carbocycles. The lowest BCUT2D eigenvalue weighted by atomic mass is 9.77. The van der Waals surface area contributed by atoms with Crippen LogP contribution in [0.1, 0.15) is 71.4 Å². The van der Waals surface area contributed by atoms with Crippen LogP contribution < -0.4 is 4.74 Å². The van der Waals surface area contributed by atoms with Gasteiger partial charge < -0.3 is 19.6 Å². The number of aliphatic carboxylic acids is 1. The minimum Gasteiger partial charge on any atom is -0.487 e. The Labute approximate surface area is 250 Å². The first-order valence-corrected chi connectivity index (χ1v) is 15.1. The number of hydrogen-bond acceptors (Lipinski definition) is 5. The summed E-state index contributed by atoms with van der Waals surface area (Å²) in [6, 6.07) is 12.6. The highest BCUT2D eigenvalue weighted by molar-refractivity contribution is 6.31. The molecule has 10 heteroatoms. The van der Waals surface area contributed by atoms with Gasteiger partial charge in [-0.1, -0.05) is 42.6 Å². The zero-order valence-electron chi connectivity index (χ0n) is 23.7. The van der Waals surface area contributed by atoms with E-state index in [1.54, 1.807) is 9.80 Å². The van der Waals surface area contributed by atoms with E-state index in [0.717, 1.165) is 41.8 Å². The fourth-order valence-electron chi connectivity index (χ4n) is 6.77. The van der Waals surface area contributed by atoms with E-state index in [1.807, 2.05) is 60.3 Å². The molecule has 220 valence electrons.